The van der Waals surface area contributed by atoms with Crippen molar-refractivity contribution in [2.24, 2.45) is 0 Å². The maximum atomic E-state index is 9.00. The Morgan fingerprint density at radius 3 is 1.64 bits per heavy atom. The Morgan fingerprint density at radius 2 is 1.23 bits per heavy atom. The van der Waals surface area contributed by atoms with E-state index in [1.54, 1.807) is 6.20 Å². The van der Waals surface area contributed by atoms with Crippen LogP contribution in [0.1, 0.15) is 11.3 Å². The van der Waals surface area contributed by atoms with Gasteiger partial charge in [0.15, 0.2) is 0 Å². The highest BCUT2D eigenvalue weighted by Gasteiger charge is 2.08. The van der Waals surface area contributed by atoms with Crippen LogP contribution in [0.5, 0.6) is 0 Å². The molecule has 0 unspecified atom stereocenters. The topological polar surface area (TPSA) is 100 Å². The van der Waals surface area contributed by atoms with Crippen LogP contribution in [0.3, 0.4) is 0 Å². The van der Waals surface area contributed by atoms with Crippen LogP contribution < -0.4 is 0 Å². The van der Waals surface area contributed by atoms with E-state index in [0.717, 1.165) is 11.3 Å². The van der Waals surface area contributed by atoms with Gasteiger partial charge in [-0.1, -0.05) is 6.07 Å². The summed E-state index contributed by atoms with van der Waals surface area (Å²) >= 11 is 0. The molecule has 22 heavy (non-hydrogen) atoms. The van der Waals surface area contributed by atoms with Crippen LogP contribution in [-0.2, 0) is 13.1 Å². The molecule has 0 spiro atoms. The summed E-state index contributed by atoms with van der Waals surface area (Å²) in [4.78, 5) is 8.29. The lowest BCUT2D eigenvalue weighted by atomic mass is 10.2. The Hall–Kier alpha value is -1.09. The summed E-state index contributed by atoms with van der Waals surface area (Å²) in [6.45, 7) is 3.47. The van der Waals surface area contributed by atoms with E-state index in [1.807, 2.05) is 21.9 Å². The smallest absolute Gasteiger partial charge is 0.0558 e. The second-order valence-electron chi connectivity index (χ2n) is 5.10. The molecule has 0 aliphatic carbocycles. The van der Waals surface area contributed by atoms with Gasteiger partial charge in [0.2, 0.25) is 0 Å². The zero-order valence-electron chi connectivity index (χ0n) is 12.9. The third kappa shape index (κ3) is 7.26. The number of aliphatic hydroxyl groups is 4. The Bertz CT molecular complexity index is 340. The number of aromatic nitrogens is 1. The number of hydrogen-bond donors (Lipinski definition) is 4. The highest BCUT2D eigenvalue weighted by molar-refractivity contribution is 5.14. The molecule has 1 rings (SSSR count). The average Bonchev–Trinajstić information content (AvgIpc) is 2.50. The molecular weight excluding hydrogens is 286 g/mol. The van der Waals surface area contributed by atoms with Crippen molar-refractivity contribution in [2.75, 3.05) is 52.6 Å². The standard InChI is InChI=1S/C15H27N3O4/c19-7-3-17(4-8-20)12-14-1-2-15(16-11-14)13-18(5-9-21)6-10-22/h1-2,11,19-22H,3-10,12-13H2. The molecule has 0 atom stereocenters. The van der Waals surface area contributed by atoms with Crippen LogP contribution in [0.2, 0.25) is 0 Å². The first kappa shape index (κ1) is 19.0. The first-order valence-corrected chi connectivity index (χ1v) is 7.55. The highest BCUT2D eigenvalue weighted by atomic mass is 16.3. The number of rotatable bonds is 12. The first-order chi connectivity index (χ1) is 10.7. The monoisotopic (exact) mass is 313 g/mol. The molecule has 0 aliphatic rings. The summed E-state index contributed by atoms with van der Waals surface area (Å²) in [5.74, 6) is 0. The van der Waals surface area contributed by atoms with Gasteiger partial charge in [0.25, 0.3) is 0 Å². The number of pyridine rings is 1. The van der Waals surface area contributed by atoms with Gasteiger partial charge in [-0.05, 0) is 11.6 Å². The van der Waals surface area contributed by atoms with Crippen LogP contribution in [0.25, 0.3) is 0 Å². The molecule has 1 aromatic heterocycles. The van der Waals surface area contributed by atoms with Gasteiger partial charge in [0.1, 0.15) is 0 Å². The molecule has 0 amide bonds. The van der Waals surface area contributed by atoms with E-state index in [-0.39, 0.29) is 26.4 Å². The van der Waals surface area contributed by atoms with Crippen LogP contribution in [-0.4, -0.2) is 87.8 Å². The molecule has 0 bridgehead atoms. The summed E-state index contributed by atoms with van der Waals surface area (Å²) in [5.41, 5.74) is 1.89. The van der Waals surface area contributed by atoms with E-state index in [9.17, 15) is 0 Å². The van der Waals surface area contributed by atoms with Gasteiger partial charge >= 0.3 is 0 Å². The minimum Gasteiger partial charge on any atom is -0.395 e. The molecule has 0 saturated carbocycles. The van der Waals surface area contributed by atoms with Crippen LogP contribution in [0.4, 0.5) is 0 Å². The normalized spacial score (nSPS) is 11.5. The summed E-state index contributed by atoms with van der Waals surface area (Å²) < 4.78 is 0. The van der Waals surface area contributed by atoms with E-state index in [2.05, 4.69) is 4.98 Å². The highest BCUT2D eigenvalue weighted by Crippen LogP contribution is 2.07. The molecule has 1 heterocycles. The Kier molecular flexibility index (Phi) is 9.89. The molecule has 126 valence electrons. The lowest BCUT2D eigenvalue weighted by Gasteiger charge is -2.21. The van der Waals surface area contributed by atoms with E-state index >= 15 is 0 Å². The molecule has 0 fully saturated rings. The summed E-state index contributed by atoms with van der Waals surface area (Å²) in [6.07, 6.45) is 1.78. The molecule has 0 aromatic carbocycles. The van der Waals surface area contributed by atoms with Crippen molar-refractivity contribution in [3.05, 3.63) is 29.6 Å². The second kappa shape index (κ2) is 11.5. The van der Waals surface area contributed by atoms with E-state index in [4.69, 9.17) is 20.4 Å². The fraction of sp³-hybridized carbons (Fsp3) is 0.667. The van der Waals surface area contributed by atoms with E-state index < -0.39 is 0 Å². The van der Waals surface area contributed by atoms with Gasteiger partial charge in [0, 0.05) is 45.5 Å². The molecule has 0 saturated heterocycles. The van der Waals surface area contributed by atoms with Crippen molar-refractivity contribution < 1.29 is 20.4 Å². The fourth-order valence-electron chi connectivity index (χ4n) is 2.23. The van der Waals surface area contributed by atoms with Gasteiger partial charge in [-0.15, -0.1) is 0 Å². The van der Waals surface area contributed by atoms with Gasteiger partial charge < -0.3 is 20.4 Å². The Balaban J connectivity index is 2.57. The summed E-state index contributed by atoms with van der Waals surface area (Å²) in [6, 6.07) is 3.90. The predicted molar refractivity (Wildman–Crippen MR) is 83.1 cm³/mol. The summed E-state index contributed by atoms with van der Waals surface area (Å²) in [5, 5.41) is 36.0. The van der Waals surface area contributed by atoms with Crippen molar-refractivity contribution in [1.82, 2.24) is 14.8 Å². The minimum atomic E-state index is 0.0510. The second-order valence-corrected chi connectivity index (χ2v) is 5.10. The molecule has 0 aliphatic heterocycles. The molecule has 4 N–H and O–H groups in total. The lowest BCUT2D eigenvalue weighted by Crippen LogP contribution is -2.30. The molecule has 0 radical (unpaired) electrons. The molecular formula is C15H27N3O4. The Morgan fingerprint density at radius 1 is 0.727 bits per heavy atom. The first-order valence-electron chi connectivity index (χ1n) is 7.55. The van der Waals surface area contributed by atoms with Crippen LogP contribution in [0, 0.1) is 0 Å². The van der Waals surface area contributed by atoms with Crippen molar-refractivity contribution >= 4 is 0 Å². The number of aliphatic hydroxyl groups excluding tert-OH is 4. The maximum absolute atomic E-state index is 9.00. The SMILES string of the molecule is OCCN(CCO)Cc1ccc(CN(CCO)CCO)nc1. The molecule has 7 nitrogen and oxygen atoms in total. The number of hydrogen-bond acceptors (Lipinski definition) is 7. The summed E-state index contributed by atoms with van der Waals surface area (Å²) in [7, 11) is 0. The van der Waals surface area contributed by atoms with Crippen molar-refractivity contribution in [3.63, 3.8) is 0 Å². The minimum absolute atomic E-state index is 0.0510. The molecule has 1 aromatic rings. The van der Waals surface area contributed by atoms with Crippen LogP contribution in [0.15, 0.2) is 18.3 Å². The van der Waals surface area contributed by atoms with Gasteiger partial charge in [-0.25, -0.2) is 0 Å². The third-order valence-corrected chi connectivity index (χ3v) is 3.34. The van der Waals surface area contributed by atoms with Crippen molar-refractivity contribution in [2.45, 2.75) is 13.1 Å². The van der Waals surface area contributed by atoms with Crippen molar-refractivity contribution in [3.8, 4) is 0 Å². The largest absolute Gasteiger partial charge is 0.395 e. The maximum Gasteiger partial charge on any atom is 0.0558 e. The molecule has 7 heteroatoms. The van der Waals surface area contributed by atoms with Gasteiger partial charge in [-0.2, -0.15) is 0 Å². The van der Waals surface area contributed by atoms with E-state index in [1.165, 1.54) is 0 Å². The van der Waals surface area contributed by atoms with Crippen LogP contribution >= 0.6 is 0 Å². The van der Waals surface area contributed by atoms with Gasteiger partial charge in [0.05, 0.1) is 32.1 Å². The fourth-order valence-corrected chi connectivity index (χ4v) is 2.23. The zero-order chi connectivity index (χ0) is 16.2. The lowest BCUT2D eigenvalue weighted by molar-refractivity contribution is 0.153. The van der Waals surface area contributed by atoms with Crippen molar-refractivity contribution in [1.29, 1.82) is 0 Å². The predicted octanol–water partition coefficient (Wildman–Crippen LogP) is -1.35. The number of nitrogens with zero attached hydrogens (tertiary/aromatic N) is 3. The van der Waals surface area contributed by atoms with Gasteiger partial charge in [-0.3, -0.25) is 14.8 Å². The van der Waals surface area contributed by atoms with E-state index in [0.29, 0.717) is 39.3 Å². The Labute approximate surface area is 131 Å². The average molecular weight is 313 g/mol. The third-order valence-electron chi connectivity index (χ3n) is 3.34. The zero-order valence-corrected chi connectivity index (χ0v) is 12.9. The quantitative estimate of drug-likeness (QED) is 0.379.